The Morgan fingerprint density at radius 2 is 1.19 bits per heavy atom. The van der Waals surface area contributed by atoms with Gasteiger partial charge in [0, 0.05) is 11.1 Å². The number of carbonyl (C=O) groups is 2. The van der Waals surface area contributed by atoms with Crippen molar-refractivity contribution in [2.75, 3.05) is 0 Å². The van der Waals surface area contributed by atoms with Crippen molar-refractivity contribution in [3.05, 3.63) is 44.8 Å². The van der Waals surface area contributed by atoms with E-state index >= 15 is 0 Å². The number of benzene rings is 1. The van der Waals surface area contributed by atoms with E-state index in [0.29, 0.717) is 0 Å². The summed E-state index contributed by atoms with van der Waals surface area (Å²) < 4.78 is 0. The smallest absolute Gasteiger partial charge is 0.664 e. The van der Waals surface area contributed by atoms with Gasteiger partial charge in [0.05, 0.1) is 21.9 Å². The van der Waals surface area contributed by atoms with Crippen LogP contribution in [0, 0.1) is 0 Å². The van der Waals surface area contributed by atoms with Crippen molar-refractivity contribution >= 4 is 35.0 Å². The Kier molecular flexibility index (Phi) is 9.48. The maximum Gasteiger partial charge on any atom is 1.00 e. The molecule has 0 aliphatic rings. The van der Waals surface area contributed by atoms with Crippen molar-refractivity contribution in [1.82, 2.24) is 0 Å². The van der Waals surface area contributed by atoms with E-state index in [1.165, 1.54) is 6.07 Å². The van der Waals surface area contributed by atoms with Crippen LogP contribution in [0.5, 0.6) is 0 Å². The quantitative estimate of drug-likeness (QED) is 0.555. The first kappa shape index (κ1) is 19.1. The van der Waals surface area contributed by atoms with Crippen molar-refractivity contribution in [2.45, 2.75) is 0 Å². The second-order valence-corrected chi connectivity index (χ2v) is 3.28. The molecule has 1 rings (SSSR count). The van der Waals surface area contributed by atoms with E-state index in [1.807, 2.05) is 0 Å². The molecule has 0 bridgehead atoms. The molecule has 0 fully saturated rings. The van der Waals surface area contributed by atoms with E-state index in [2.05, 4.69) is 0 Å². The zero-order valence-electron chi connectivity index (χ0n) is 8.73. The van der Waals surface area contributed by atoms with Gasteiger partial charge in [0.25, 0.3) is 0 Å². The minimum atomic E-state index is -1.02. The average molecular weight is 277 g/mol. The van der Waals surface area contributed by atoms with Gasteiger partial charge in [-0.3, -0.25) is 0 Å². The second kappa shape index (κ2) is 7.95. The molecule has 0 aliphatic heterocycles. The van der Waals surface area contributed by atoms with Crippen LogP contribution in [0.15, 0.2) is 12.1 Å². The molecule has 0 aromatic heterocycles. The van der Waals surface area contributed by atoms with Gasteiger partial charge in [0.1, 0.15) is 0 Å². The molecule has 0 spiro atoms. The molecular weight excluding hydrogens is 273 g/mol. The van der Waals surface area contributed by atoms with Gasteiger partial charge < -0.3 is 21.1 Å². The van der Waals surface area contributed by atoms with Crippen LogP contribution in [-0.4, -0.2) is 11.8 Å². The molecule has 2 N–H and O–H groups in total. The van der Waals surface area contributed by atoms with Crippen LogP contribution in [-0.2, 0) is 0 Å². The van der Waals surface area contributed by atoms with Gasteiger partial charge >= 0.3 is 59.1 Å². The normalized spacial score (nSPS) is 8.62. The minimum Gasteiger partial charge on any atom is -0.664 e. The van der Waals surface area contributed by atoms with E-state index in [0.717, 1.165) is 6.07 Å². The van der Waals surface area contributed by atoms with E-state index < -0.39 is 11.8 Å². The maximum absolute atomic E-state index is 10.7. The fourth-order valence-electron chi connectivity index (χ4n) is 0.897. The first-order chi connectivity index (χ1) is 6.43. The van der Waals surface area contributed by atoms with Gasteiger partial charge in [-0.2, -0.15) is 0 Å². The number of hydrogen-bond donors (Lipinski definition) is 0. The predicted octanol–water partition coefficient (Wildman–Crippen LogP) is -2.61. The van der Waals surface area contributed by atoms with Crippen LogP contribution in [0.25, 0.3) is 11.5 Å². The summed E-state index contributed by atoms with van der Waals surface area (Å²) in [6.07, 6.45) is 0. The first-order valence-corrected chi connectivity index (χ1v) is 4.20. The number of hydrogen-bond acceptors (Lipinski definition) is 2. The summed E-state index contributed by atoms with van der Waals surface area (Å²) in [5.74, 6) is -2.04. The van der Waals surface area contributed by atoms with Crippen molar-refractivity contribution in [3.8, 4) is 0 Å². The third-order valence-electron chi connectivity index (χ3n) is 1.55. The van der Waals surface area contributed by atoms with Crippen molar-refractivity contribution in [2.24, 2.45) is 0 Å². The Morgan fingerprint density at radius 3 is 1.44 bits per heavy atom. The molecular formula is C8H4Cl2N2Na2O2. The van der Waals surface area contributed by atoms with Crippen molar-refractivity contribution in [1.29, 1.82) is 0 Å². The fraction of sp³-hybridized carbons (Fsp3) is 0. The summed E-state index contributed by atoms with van der Waals surface area (Å²) in [4.78, 5) is 21.4. The van der Waals surface area contributed by atoms with E-state index in [4.69, 9.17) is 34.7 Å². The second-order valence-electron chi connectivity index (χ2n) is 2.47. The van der Waals surface area contributed by atoms with Crippen molar-refractivity contribution in [3.63, 3.8) is 0 Å². The molecule has 0 radical (unpaired) electrons. The summed E-state index contributed by atoms with van der Waals surface area (Å²) in [6.45, 7) is 0. The largest absolute Gasteiger partial charge is 1.00 e. The molecule has 1 aromatic rings. The zero-order valence-corrected chi connectivity index (χ0v) is 14.2. The van der Waals surface area contributed by atoms with Gasteiger partial charge in [-0.15, -0.1) is 0 Å². The van der Waals surface area contributed by atoms with Crippen LogP contribution in [0.2, 0.25) is 10.0 Å². The zero-order chi connectivity index (χ0) is 10.9. The van der Waals surface area contributed by atoms with E-state index in [-0.39, 0.29) is 80.3 Å². The SMILES string of the molecule is [NH-]C(=O)c1cc(C([NH-])=O)c(Cl)cc1Cl.[Na+].[Na+]. The number of carbonyl (C=O) groups excluding carboxylic acids is 2. The molecule has 0 atom stereocenters. The molecule has 0 saturated heterocycles. The van der Waals surface area contributed by atoms with Crippen LogP contribution < -0.4 is 59.1 Å². The van der Waals surface area contributed by atoms with Crippen LogP contribution in [0.1, 0.15) is 20.7 Å². The molecule has 2 amide bonds. The Hall–Kier alpha value is 0.740. The van der Waals surface area contributed by atoms with Gasteiger partial charge in [0.2, 0.25) is 0 Å². The summed E-state index contributed by atoms with van der Waals surface area (Å²) >= 11 is 11.2. The van der Waals surface area contributed by atoms with E-state index in [1.54, 1.807) is 0 Å². The van der Waals surface area contributed by atoms with Gasteiger partial charge in [-0.25, -0.2) is 0 Å². The van der Waals surface area contributed by atoms with Gasteiger partial charge in [0.15, 0.2) is 0 Å². The Bertz CT molecular complexity index is 391. The summed E-state index contributed by atoms with van der Waals surface area (Å²) in [5, 5.41) is 0.000000000000000888. The molecule has 4 nitrogen and oxygen atoms in total. The van der Waals surface area contributed by atoms with E-state index in [9.17, 15) is 9.59 Å². The summed E-state index contributed by atoms with van der Waals surface area (Å²) in [6, 6.07) is 2.22. The van der Waals surface area contributed by atoms with Crippen molar-refractivity contribution < 1.29 is 68.7 Å². The van der Waals surface area contributed by atoms with Crippen LogP contribution >= 0.6 is 23.2 Å². The number of rotatable bonds is 2. The Balaban J connectivity index is 0. The predicted molar refractivity (Wildman–Crippen MR) is 53.8 cm³/mol. The molecule has 1 aromatic carbocycles. The van der Waals surface area contributed by atoms with Crippen LogP contribution in [0.3, 0.4) is 0 Å². The molecule has 0 heterocycles. The van der Waals surface area contributed by atoms with Crippen LogP contribution in [0.4, 0.5) is 0 Å². The molecule has 74 valence electrons. The molecule has 0 saturated carbocycles. The Morgan fingerprint density at radius 1 is 0.875 bits per heavy atom. The third kappa shape index (κ3) is 4.55. The standard InChI is InChI=1S/C8H6Cl2N2O2.2Na/c9-5-2-6(10)4(8(12)14)1-3(5)7(11)13;;/h1-2H,(H4,11,12,13,14);;/q;2*+1/p-2. The van der Waals surface area contributed by atoms with Gasteiger partial charge in [-0.05, 0) is 12.1 Å². The molecule has 16 heavy (non-hydrogen) atoms. The molecule has 0 aliphatic carbocycles. The molecule has 8 heteroatoms. The summed E-state index contributed by atoms with van der Waals surface area (Å²) in [5.41, 5.74) is 13.4. The monoisotopic (exact) mass is 276 g/mol. The first-order valence-electron chi connectivity index (χ1n) is 3.44. The fourth-order valence-corrected chi connectivity index (χ4v) is 1.45. The number of amides is 2. The topological polar surface area (TPSA) is 81.7 Å². The summed E-state index contributed by atoms with van der Waals surface area (Å²) in [7, 11) is 0. The average Bonchev–Trinajstić information content (AvgIpc) is 2.02. The Labute approximate surface area is 147 Å². The number of nitrogens with one attached hydrogen (secondary N) is 2. The maximum atomic E-state index is 10.7. The molecule has 0 unspecified atom stereocenters. The third-order valence-corrected chi connectivity index (χ3v) is 2.17. The minimum absolute atomic E-state index is 0. The number of halogens is 2. The van der Waals surface area contributed by atoms with Gasteiger partial charge in [-0.1, -0.05) is 23.2 Å².